The number of nitrogens with zero attached hydrogens (tertiary/aromatic N) is 3. The van der Waals surface area contributed by atoms with E-state index in [0.717, 1.165) is 32.4 Å². The minimum Gasteiger partial charge on any atom is -0.457 e. The van der Waals surface area contributed by atoms with Crippen LogP contribution >= 0.6 is 12.2 Å². The average Bonchev–Trinajstić information content (AvgIpc) is 2.93. The number of nitro benzene ring substituents is 1. The maximum atomic E-state index is 13.4. The topological polar surface area (TPSA) is 105 Å². The lowest BCUT2D eigenvalue weighted by atomic mass is 10.0. The third-order valence-corrected chi connectivity index (χ3v) is 6.66. The Morgan fingerprint density at radius 1 is 0.921 bits per heavy atom. The first-order valence-electron chi connectivity index (χ1n) is 12.2. The number of anilines is 2. The molecule has 2 saturated heterocycles. The molecule has 9 nitrogen and oxygen atoms in total. The van der Waals surface area contributed by atoms with Crippen molar-refractivity contribution in [1.29, 1.82) is 0 Å². The zero-order valence-corrected chi connectivity index (χ0v) is 21.1. The molecule has 2 aliphatic rings. The fourth-order valence-electron chi connectivity index (χ4n) is 4.53. The Bertz CT molecular complexity index is 1430. The summed E-state index contributed by atoms with van der Waals surface area (Å²) < 4.78 is 5.80. The molecule has 5 rings (SSSR count). The Morgan fingerprint density at radius 2 is 1.61 bits per heavy atom. The van der Waals surface area contributed by atoms with Gasteiger partial charge in [0.05, 0.1) is 10.6 Å². The Kier molecular flexibility index (Phi) is 7.14. The van der Waals surface area contributed by atoms with E-state index >= 15 is 0 Å². The smallest absolute Gasteiger partial charge is 0.293 e. The summed E-state index contributed by atoms with van der Waals surface area (Å²) in [7, 11) is 0. The molecule has 0 aliphatic carbocycles. The summed E-state index contributed by atoms with van der Waals surface area (Å²) in [5, 5.41) is 14.3. The lowest BCUT2D eigenvalue weighted by Crippen LogP contribution is -2.54. The van der Waals surface area contributed by atoms with Gasteiger partial charge in [-0.2, -0.15) is 0 Å². The molecule has 0 aromatic heterocycles. The number of benzene rings is 3. The third kappa shape index (κ3) is 5.25. The second-order valence-electron chi connectivity index (χ2n) is 8.92. The molecule has 2 fully saturated rings. The number of para-hydroxylation sites is 1. The molecule has 0 bridgehead atoms. The Labute approximate surface area is 224 Å². The second kappa shape index (κ2) is 10.8. The minimum absolute atomic E-state index is 0.0553. The molecule has 192 valence electrons. The Hall–Kier alpha value is -4.57. The predicted molar refractivity (Wildman–Crippen MR) is 148 cm³/mol. The number of nitro groups is 1. The number of hydrogen-bond donors (Lipinski definition) is 1. The molecule has 3 aromatic rings. The summed E-state index contributed by atoms with van der Waals surface area (Å²) in [4.78, 5) is 40.7. The Morgan fingerprint density at radius 3 is 2.29 bits per heavy atom. The van der Waals surface area contributed by atoms with Gasteiger partial charge in [0.2, 0.25) is 0 Å². The summed E-state index contributed by atoms with van der Waals surface area (Å²) >= 11 is 5.28. The van der Waals surface area contributed by atoms with Crippen LogP contribution in [0.5, 0.6) is 11.5 Å². The third-order valence-electron chi connectivity index (χ3n) is 6.38. The van der Waals surface area contributed by atoms with Crippen LogP contribution in [0.15, 0.2) is 78.4 Å². The minimum atomic E-state index is -0.664. The van der Waals surface area contributed by atoms with Crippen molar-refractivity contribution < 1.29 is 19.2 Å². The van der Waals surface area contributed by atoms with Crippen LogP contribution in [0.1, 0.15) is 24.8 Å². The zero-order valence-electron chi connectivity index (χ0n) is 20.3. The highest BCUT2D eigenvalue weighted by Crippen LogP contribution is 2.33. The van der Waals surface area contributed by atoms with Gasteiger partial charge in [-0.3, -0.25) is 29.9 Å². The maximum absolute atomic E-state index is 13.4. The van der Waals surface area contributed by atoms with Crippen molar-refractivity contribution in [3.8, 4) is 11.5 Å². The Balaban J connectivity index is 1.41. The van der Waals surface area contributed by atoms with E-state index in [2.05, 4.69) is 5.32 Å². The number of carbonyl (C=O) groups excluding carboxylic acids is 2. The van der Waals surface area contributed by atoms with Crippen LogP contribution in [-0.4, -0.2) is 34.9 Å². The summed E-state index contributed by atoms with van der Waals surface area (Å²) in [6, 6.07) is 20.7. The quantitative estimate of drug-likeness (QED) is 0.154. The van der Waals surface area contributed by atoms with Crippen LogP contribution in [0, 0.1) is 10.1 Å². The molecule has 0 radical (unpaired) electrons. The molecule has 10 heteroatoms. The van der Waals surface area contributed by atoms with Gasteiger partial charge in [0.25, 0.3) is 17.5 Å². The van der Waals surface area contributed by atoms with Gasteiger partial charge < -0.3 is 9.64 Å². The van der Waals surface area contributed by atoms with Gasteiger partial charge in [-0.15, -0.1) is 0 Å². The van der Waals surface area contributed by atoms with Crippen LogP contribution in [0.25, 0.3) is 6.08 Å². The number of thiocarbonyl (C=S) groups is 1. The molecule has 0 saturated carbocycles. The van der Waals surface area contributed by atoms with Crippen molar-refractivity contribution in [2.45, 2.75) is 19.3 Å². The summed E-state index contributed by atoms with van der Waals surface area (Å²) in [6.07, 6.45) is 4.42. The predicted octanol–water partition coefficient (Wildman–Crippen LogP) is 5.21. The van der Waals surface area contributed by atoms with E-state index in [1.165, 1.54) is 17.0 Å². The second-order valence-corrected chi connectivity index (χ2v) is 9.31. The van der Waals surface area contributed by atoms with Gasteiger partial charge in [-0.05, 0) is 85.6 Å². The number of rotatable bonds is 6. The van der Waals surface area contributed by atoms with Crippen molar-refractivity contribution in [3.05, 3.63) is 94.0 Å². The fourth-order valence-corrected chi connectivity index (χ4v) is 4.81. The van der Waals surface area contributed by atoms with Crippen LogP contribution in [0.4, 0.5) is 17.1 Å². The summed E-state index contributed by atoms with van der Waals surface area (Å²) in [6.45, 7) is 1.51. The first-order chi connectivity index (χ1) is 18.4. The molecule has 0 unspecified atom stereocenters. The van der Waals surface area contributed by atoms with Crippen molar-refractivity contribution >= 4 is 52.3 Å². The highest BCUT2D eigenvalue weighted by molar-refractivity contribution is 7.80. The highest BCUT2D eigenvalue weighted by Gasteiger charge is 2.34. The molecule has 2 heterocycles. The molecular weight excluding hydrogens is 504 g/mol. The van der Waals surface area contributed by atoms with E-state index in [0.29, 0.717) is 28.4 Å². The van der Waals surface area contributed by atoms with Gasteiger partial charge in [0.1, 0.15) is 22.8 Å². The van der Waals surface area contributed by atoms with Crippen LogP contribution in [0.2, 0.25) is 0 Å². The lowest BCUT2D eigenvalue weighted by Gasteiger charge is -2.29. The summed E-state index contributed by atoms with van der Waals surface area (Å²) in [5.41, 5.74) is 1.11. The van der Waals surface area contributed by atoms with E-state index in [9.17, 15) is 19.7 Å². The normalized spacial score (nSPS) is 16.9. The standard InChI is InChI=1S/C28H24N4O5S/c33-26-23(17-19-9-14-24(25(18-19)32(35)36)30-15-5-2-6-16-30)27(34)31(28(38)29-26)20-10-12-22(13-11-20)37-21-7-3-1-4-8-21/h1,3-4,7-14,17-18H,2,5-6,15-16H2,(H,29,33,38)/b23-17+. The molecule has 1 N–H and O–H groups in total. The molecule has 38 heavy (non-hydrogen) atoms. The first-order valence-corrected chi connectivity index (χ1v) is 12.6. The van der Waals surface area contributed by atoms with Gasteiger partial charge in [-0.1, -0.05) is 24.3 Å². The van der Waals surface area contributed by atoms with Gasteiger partial charge in [0, 0.05) is 19.2 Å². The molecule has 0 atom stereocenters. The monoisotopic (exact) mass is 528 g/mol. The number of hydrogen-bond acceptors (Lipinski definition) is 7. The highest BCUT2D eigenvalue weighted by atomic mass is 32.1. The van der Waals surface area contributed by atoms with Crippen LogP contribution in [0.3, 0.4) is 0 Å². The number of ether oxygens (including phenoxy) is 1. The van der Waals surface area contributed by atoms with E-state index in [4.69, 9.17) is 17.0 Å². The van der Waals surface area contributed by atoms with Crippen molar-refractivity contribution in [2.75, 3.05) is 22.9 Å². The largest absolute Gasteiger partial charge is 0.457 e. The van der Waals surface area contributed by atoms with Crippen molar-refractivity contribution in [3.63, 3.8) is 0 Å². The van der Waals surface area contributed by atoms with Gasteiger partial charge in [-0.25, -0.2) is 0 Å². The molecule has 3 aromatic carbocycles. The van der Waals surface area contributed by atoms with Crippen molar-refractivity contribution in [1.82, 2.24) is 5.32 Å². The van der Waals surface area contributed by atoms with Gasteiger partial charge in [0.15, 0.2) is 5.11 Å². The molecule has 0 spiro atoms. The fraction of sp³-hybridized carbons (Fsp3) is 0.179. The van der Waals surface area contributed by atoms with E-state index < -0.39 is 16.7 Å². The number of carbonyl (C=O) groups is 2. The molecule has 2 amide bonds. The summed E-state index contributed by atoms with van der Waals surface area (Å²) in [5.74, 6) is -0.0554. The number of amides is 2. The van der Waals surface area contributed by atoms with Crippen LogP contribution in [-0.2, 0) is 9.59 Å². The zero-order chi connectivity index (χ0) is 26.6. The average molecular weight is 529 g/mol. The SMILES string of the molecule is O=C1NC(=S)N(c2ccc(Oc3ccccc3)cc2)C(=O)/C1=C/c1ccc(N2CCCCC2)c([N+](=O)[O-])c1. The molecule has 2 aliphatic heterocycles. The van der Waals surface area contributed by atoms with Gasteiger partial charge >= 0.3 is 0 Å². The molecular formula is C28H24N4O5S. The van der Waals surface area contributed by atoms with E-state index in [1.54, 1.807) is 36.4 Å². The van der Waals surface area contributed by atoms with Crippen LogP contribution < -0.4 is 19.9 Å². The maximum Gasteiger partial charge on any atom is 0.293 e. The van der Waals surface area contributed by atoms with E-state index in [1.807, 2.05) is 35.2 Å². The number of piperidine rings is 1. The number of nitrogens with one attached hydrogen (secondary N) is 1. The lowest BCUT2D eigenvalue weighted by molar-refractivity contribution is -0.384. The van der Waals surface area contributed by atoms with Crippen molar-refractivity contribution in [2.24, 2.45) is 0 Å². The van der Waals surface area contributed by atoms with E-state index in [-0.39, 0.29) is 16.4 Å². The first kappa shape index (κ1) is 25.1.